The molecule has 0 atom stereocenters. The number of nitrogens with zero attached hydrogens (tertiary/aromatic N) is 4. The second-order valence-electron chi connectivity index (χ2n) is 7.38. The minimum absolute atomic E-state index is 0.225. The molecule has 31 heavy (non-hydrogen) atoms. The Morgan fingerprint density at radius 3 is 2.52 bits per heavy atom. The second-order valence-corrected chi connectivity index (χ2v) is 7.38. The van der Waals surface area contributed by atoms with Gasteiger partial charge in [0.25, 0.3) is 5.56 Å². The number of pyridine rings is 2. The molecule has 4 heterocycles. The highest BCUT2D eigenvalue weighted by molar-refractivity contribution is 5.80. The van der Waals surface area contributed by atoms with Crippen LogP contribution < -0.4 is 15.0 Å². The molecule has 0 spiro atoms. The summed E-state index contributed by atoms with van der Waals surface area (Å²) >= 11 is 0. The zero-order valence-electron chi connectivity index (χ0n) is 16.9. The summed E-state index contributed by atoms with van der Waals surface area (Å²) < 4.78 is 18.1. The van der Waals surface area contributed by atoms with E-state index in [4.69, 9.17) is 14.2 Å². The third-order valence-electron chi connectivity index (χ3n) is 5.32. The van der Waals surface area contributed by atoms with Crippen LogP contribution in [0, 0.1) is 0 Å². The molecule has 0 radical (unpaired) electrons. The topological polar surface area (TPSA) is 88.4 Å². The van der Waals surface area contributed by atoms with Gasteiger partial charge in [-0.3, -0.25) is 4.79 Å². The van der Waals surface area contributed by atoms with Crippen LogP contribution in [-0.2, 0) is 16.9 Å². The van der Waals surface area contributed by atoms with Crippen LogP contribution in [0.3, 0.4) is 0 Å². The van der Waals surface area contributed by atoms with Crippen molar-refractivity contribution in [3.8, 4) is 11.8 Å². The Morgan fingerprint density at radius 2 is 1.84 bits per heavy atom. The molecule has 8 heteroatoms. The number of rotatable bonds is 6. The number of fused-ring (bicyclic) bond motifs is 1. The van der Waals surface area contributed by atoms with E-state index in [2.05, 4.69) is 15.1 Å². The number of ether oxygens (including phenoxy) is 3. The highest BCUT2D eigenvalue weighted by Crippen LogP contribution is 2.34. The van der Waals surface area contributed by atoms with E-state index < -0.39 is 5.60 Å². The van der Waals surface area contributed by atoms with E-state index in [9.17, 15) is 4.79 Å². The van der Waals surface area contributed by atoms with Gasteiger partial charge in [0.05, 0.1) is 38.5 Å². The Bertz CT molecular complexity index is 1270. The lowest BCUT2D eigenvalue weighted by atomic mass is 9.92. The quantitative estimate of drug-likeness (QED) is 0.477. The predicted octanol–water partition coefficient (Wildman–Crippen LogP) is 2.55. The van der Waals surface area contributed by atoms with Gasteiger partial charge in [0.15, 0.2) is 5.60 Å². The summed E-state index contributed by atoms with van der Waals surface area (Å²) in [5.41, 5.74) is 1.09. The molecule has 0 unspecified atom stereocenters. The Kier molecular flexibility index (Phi) is 4.83. The molecule has 8 nitrogen and oxygen atoms in total. The van der Waals surface area contributed by atoms with Crippen molar-refractivity contribution in [2.24, 2.45) is 0 Å². The molecule has 1 fully saturated rings. The summed E-state index contributed by atoms with van der Waals surface area (Å²) in [6, 6.07) is 15.3. The SMILES string of the molecule is COc1ccc(Cn2ncc3cc(OC4(c5ccccc5)COC4)ncc3c2=O)cn1. The standard InChI is InChI=1S/C23H20N4O4/c1-29-20-8-7-16(10-24-20)13-27-22(28)19-12-25-21(9-17(19)11-26-27)31-23(14-30-15-23)18-5-3-2-4-6-18/h2-12H,13-15H2,1H3. The van der Waals surface area contributed by atoms with Crippen molar-refractivity contribution in [1.82, 2.24) is 19.7 Å². The van der Waals surface area contributed by atoms with Crippen molar-refractivity contribution < 1.29 is 14.2 Å². The van der Waals surface area contributed by atoms with Gasteiger partial charge in [-0.1, -0.05) is 36.4 Å². The third-order valence-corrected chi connectivity index (χ3v) is 5.32. The van der Waals surface area contributed by atoms with Crippen LogP contribution in [0.15, 0.2) is 71.9 Å². The summed E-state index contributed by atoms with van der Waals surface area (Å²) in [5.74, 6) is 0.947. The molecule has 0 amide bonds. The molecular formula is C23H20N4O4. The molecular weight excluding hydrogens is 396 g/mol. The van der Waals surface area contributed by atoms with Gasteiger partial charge in [-0.25, -0.2) is 14.6 Å². The average Bonchev–Trinajstić information content (AvgIpc) is 2.79. The fraction of sp³-hybridized carbons (Fsp3) is 0.217. The molecule has 3 aromatic heterocycles. The number of aromatic nitrogens is 4. The summed E-state index contributed by atoms with van der Waals surface area (Å²) in [6.45, 7) is 1.21. The number of hydrogen-bond acceptors (Lipinski definition) is 7. The molecule has 1 aromatic carbocycles. The Morgan fingerprint density at radius 1 is 1.03 bits per heavy atom. The smallest absolute Gasteiger partial charge is 0.276 e. The van der Waals surface area contributed by atoms with Crippen LogP contribution in [0.2, 0.25) is 0 Å². The maximum Gasteiger partial charge on any atom is 0.276 e. The molecule has 1 saturated heterocycles. The molecule has 0 N–H and O–H groups in total. The van der Waals surface area contributed by atoms with Gasteiger partial charge in [0.2, 0.25) is 11.8 Å². The Labute approximate surface area is 178 Å². The highest BCUT2D eigenvalue weighted by atomic mass is 16.6. The largest absolute Gasteiger partial charge is 0.481 e. The second kappa shape index (κ2) is 7.81. The number of hydrogen-bond donors (Lipinski definition) is 0. The van der Waals surface area contributed by atoms with Gasteiger partial charge in [-0.05, 0) is 5.56 Å². The number of benzene rings is 1. The molecule has 0 saturated carbocycles. The monoisotopic (exact) mass is 416 g/mol. The summed E-state index contributed by atoms with van der Waals surface area (Å²) in [4.78, 5) is 21.4. The van der Waals surface area contributed by atoms with Crippen LogP contribution in [0.1, 0.15) is 11.1 Å². The van der Waals surface area contributed by atoms with Crippen molar-refractivity contribution in [2.75, 3.05) is 20.3 Å². The zero-order chi connectivity index (χ0) is 21.3. The van der Waals surface area contributed by atoms with Gasteiger partial charge in [-0.15, -0.1) is 0 Å². The fourth-order valence-electron chi connectivity index (χ4n) is 3.54. The van der Waals surface area contributed by atoms with Gasteiger partial charge in [0, 0.05) is 35.5 Å². The van der Waals surface area contributed by atoms with Crippen LogP contribution in [0.25, 0.3) is 10.8 Å². The number of methoxy groups -OCH3 is 1. The van der Waals surface area contributed by atoms with Crippen LogP contribution in [-0.4, -0.2) is 40.1 Å². The van der Waals surface area contributed by atoms with Crippen molar-refractivity contribution in [1.29, 1.82) is 0 Å². The van der Waals surface area contributed by atoms with Crippen molar-refractivity contribution >= 4 is 10.8 Å². The van der Waals surface area contributed by atoms with Gasteiger partial charge in [0.1, 0.15) is 0 Å². The lowest BCUT2D eigenvalue weighted by Gasteiger charge is -2.41. The van der Waals surface area contributed by atoms with Crippen LogP contribution >= 0.6 is 0 Å². The first kappa shape index (κ1) is 19.2. The third kappa shape index (κ3) is 3.62. The molecule has 0 aliphatic carbocycles. The van der Waals surface area contributed by atoms with Crippen molar-refractivity contribution in [2.45, 2.75) is 12.1 Å². The molecule has 1 aliphatic heterocycles. The van der Waals surface area contributed by atoms with Crippen LogP contribution in [0.4, 0.5) is 0 Å². The van der Waals surface area contributed by atoms with Gasteiger partial charge >= 0.3 is 0 Å². The molecule has 1 aliphatic rings. The van der Waals surface area contributed by atoms with Crippen molar-refractivity contribution in [3.05, 3.63) is 88.6 Å². The Balaban J connectivity index is 1.42. The first-order chi connectivity index (χ1) is 15.2. The predicted molar refractivity (Wildman–Crippen MR) is 113 cm³/mol. The summed E-state index contributed by atoms with van der Waals surface area (Å²) in [5, 5.41) is 5.45. The molecule has 4 aromatic rings. The van der Waals surface area contributed by atoms with Gasteiger partial charge < -0.3 is 14.2 Å². The van der Waals surface area contributed by atoms with Gasteiger partial charge in [-0.2, -0.15) is 5.10 Å². The van der Waals surface area contributed by atoms with Crippen LogP contribution in [0.5, 0.6) is 11.8 Å². The molecule has 0 bridgehead atoms. The lowest BCUT2D eigenvalue weighted by molar-refractivity contribution is -0.169. The Hall–Kier alpha value is -3.78. The highest BCUT2D eigenvalue weighted by Gasteiger charge is 2.43. The maximum absolute atomic E-state index is 12.9. The van der Waals surface area contributed by atoms with E-state index in [1.165, 1.54) is 10.9 Å². The van der Waals surface area contributed by atoms with Crippen molar-refractivity contribution in [3.63, 3.8) is 0 Å². The van der Waals surface area contributed by atoms with E-state index in [1.54, 1.807) is 31.6 Å². The first-order valence-corrected chi connectivity index (χ1v) is 9.84. The summed E-state index contributed by atoms with van der Waals surface area (Å²) in [7, 11) is 1.56. The lowest BCUT2D eigenvalue weighted by Crippen LogP contribution is -2.51. The summed E-state index contributed by atoms with van der Waals surface area (Å²) in [6.07, 6.45) is 4.85. The molecule has 156 valence electrons. The minimum atomic E-state index is -0.564. The molecule has 5 rings (SSSR count). The minimum Gasteiger partial charge on any atom is -0.481 e. The first-order valence-electron chi connectivity index (χ1n) is 9.84. The van der Waals surface area contributed by atoms with E-state index in [0.29, 0.717) is 42.3 Å². The van der Waals surface area contributed by atoms with E-state index in [0.717, 1.165) is 11.1 Å². The zero-order valence-corrected chi connectivity index (χ0v) is 16.9. The maximum atomic E-state index is 12.9. The van der Waals surface area contributed by atoms with E-state index >= 15 is 0 Å². The normalized spacial score (nSPS) is 14.7. The van der Waals surface area contributed by atoms with E-state index in [1.807, 2.05) is 36.4 Å². The fourth-order valence-corrected chi connectivity index (χ4v) is 3.54. The van der Waals surface area contributed by atoms with E-state index in [-0.39, 0.29) is 5.56 Å². The average molecular weight is 416 g/mol.